The van der Waals surface area contributed by atoms with E-state index in [0.717, 1.165) is 12.1 Å². The van der Waals surface area contributed by atoms with Gasteiger partial charge in [-0.2, -0.15) is 13.2 Å². The summed E-state index contributed by atoms with van der Waals surface area (Å²) in [7, 11) is 5.78. The van der Waals surface area contributed by atoms with Gasteiger partial charge in [0.2, 0.25) is 0 Å². The first kappa shape index (κ1) is 22.5. The van der Waals surface area contributed by atoms with Gasteiger partial charge in [0.05, 0.1) is 24.4 Å². The Morgan fingerprint density at radius 2 is 1.66 bits per heavy atom. The lowest BCUT2D eigenvalue weighted by Gasteiger charge is -2.13. The number of aromatic nitrogens is 1. The minimum atomic E-state index is -4.45. The summed E-state index contributed by atoms with van der Waals surface area (Å²) in [5, 5.41) is 0. The molecule has 10 heteroatoms. The Morgan fingerprint density at radius 1 is 1.10 bits per heavy atom. The smallest absolute Gasteiger partial charge is 0.416 e. The molecule has 0 unspecified atom stereocenters. The van der Waals surface area contributed by atoms with E-state index in [2.05, 4.69) is 4.98 Å². The zero-order valence-electron chi connectivity index (χ0n) is 15.9. The van der Waals surface area contributed by atoms with Crippen LogP contribution in [0.3, 0.4) is 0 Å². The third-order valence-electron chi connectivity index (χ3n) is 3.97. The van der Waals surface area contributed by atoms with E-state index in [4.69, 9.17) is 21.7 Å². The maximum absolute atomic E-state index is 12.7. The number of carbonyl (C=O) groups is 2. The Balaban J connectivity index is 2.14. The van der Waals surface area contributed by atoms with E-state index < -0.39 is 29.6 Å². The molecule has 0 spiro atoms. The highest BCUT2D eigenvalue weighted by Crippen LogP contribution is 2.30. The lowest BCUT2D eigenvalue weighted by molar-refractivity contribution is -0.161. The average molecular weight is 409 g/mol. The Kier molecular flexibility index (Phi) is 7.47. The third-order valence-corrected chi connectivity index (χ3v) is 3.97. The van der Waals surface area contributed by atoms with Crippen LogP contribution in [-0.4, -0.2) is 38.0 Å². The number of halogens is 3. The number of alkyl halides is 3. The quantitative estimate of drug-likeness (QED) is 0.379. The molecule has 0 saturated heterocycles. The lowest BCUT2D eigenvalue weighted by Crippen LogP contribution is -2.28. The summed E-state index contributed by atoms with van der Waals surface area (Å²) in [6.45, 7) is 3.45. The molecule has 1 aromatic carbocycles. The molecule has 6 nitrogen and oxygen atoms in total. The summed E-state index contributed by atoms with van der Waals surface area (Å²) < 4.78 is 53.2. The number of carbonyl (C=O) groups excluding carboxylic acids is 2. The molecule has 1 aromatic heterocycles. The van der Waals surface area contributed by atoms with Crippen LogP contribution in [0.25, 0.3) is 11.3 Å². The number of rotatable bonds is 8. The highest BCUT2D eigenvalue weighted by Gasteiger charge is 2.31. The van der Waals surface area contributed by atoms with Crippen molar-refractivity contribution >= 4 is 25.4 Å². The van der Waals surface area contributed by atoms with Crippen LogP contribution in [0.4, 0.5) is 13.2 Å². The Morgan fingerprint density at radius 3 is 2.14 bits per heavy atom. The number of oxazole rings is 1. The monoisotopic (exact) mass is 409 g/mol. The van der Waals surface area contributed by atoms with Gasteiger partial charge in [-0.1, -0.05) is 12.1 Å². The number of benzene rings is 1. The maximum atomic E-state index is 12.7. The number of esters is 2. The molecule has 0 saturated carbocycles. The fourth-order valence-electron chi connectivity index (χ4n) is 2.59. The van der Waals surface area contributed by atoms with E-state index in [1.54, 1.807) is 13.8 Å². The van der Waals surface area contributed by atoms with Crippen molar-refractivity contribution in [1.29, 1.82) is 0 Å². The minimum Gasteiger partial charge on any atom is -0.465 e. The molecule has 0 fully saturated rings. The van der Waals surface area contributed by atoms with Crippen molar-refractivity contribution in [3.63, 3.8) is 0 Å². The number of nitrogens with zero attached hydrogens (tertiary/aromatic N) is 1. The molecule has 0 amide bonds. The number of ether oxygens (including phenoxy) is 2. The van der Waals surface area contributed by atoms with Crippen molar-refractivity contribution in [2.24, 2.45) is 5.92 Å². The molecule has 2 radical (unpaired) electrons. The third kappa shape index (κ3) is 5.85. The van der Waals surface area contributed by atoms with Crippen LogP contribution in [0.2, 0.25) is 0 Å². The van der Waals surface area contributed by atoms with Gasteiger partial charge < -0.3 is 13.9 Å². The minimum absolute atomic E-state index is 0.0179. The highest BCUT2D eigenvalue weighted by atomic mass is 19.4. The van der Waals surface area contributed by atoms with Gasteiger partial charge in [-0.25, -0.2) is 4.98 Å². The molecule has 29 heavy (non-hydrogen) atoms. The van der Waals surface area contributed by atoms with Crippen molar-refractivity contribution < 1.29 is 36.7 Å². The summed E-state index contributed by atoms with van der Waals surface area (Å²) >= 11 is 0. The van der Waals surface area contributed by atoms with Crippen LogP contribution in [0, 0.1) is 5.92 Å². The van der Waals surface area contributed by atoms with Crippen LogP contribution in [0.15, 0.2) is 28.7 Å². The number of hydrogen-bond donors (Lipinski definition) is 0. The van der Waals surface area contributed by atoms with E-state index in [-0.39, 0.29) is 43.3 Å². The van der Waals surface area contributed by atoms with E-state index in [1.807, 2.05) is 0 Å². The predicted octanol–water partition coefficient (Wildman–Crippen LogP) is 2.83. The first-order valence-corrected chi connectivity index (χ1v) is 8.93. The molecule has 154 valence electrons. The molecule has 0 bridgehead atoms. The lowest BCUT2D eigenvalue weighted by atomic mass is 9.98. The Hall–Kier alpha value is -2.78. The molecular weight excluding hydrogens is 390 g/mol. The molecule has 1 heterocycles. The first-order chi connectivity index (χ1) is 13.7. The van der Waals surface area contributed by atoms with Crippen molar-refractivity contribution in [2.75, 3.05) is 13.2 Å². The van der Waals surface area contributed by atoms with Crippen molar-refractivity contribution in [3.05, 3.63) is 35.7 Å². The first-order valence-electron chi connectivity index (χ1n) is 8.93. The SMILES string of the molecule is [B]c1oc(CCC(C(=O)OCC)C(=O)OCC)nc1-c1ccc(C(F)(F)F)cc1. The maximum Gasteiger partial charge on any atom is 0.416 e. The van der Waals surface area contributed by atoms with Crippen molar-refractivity contribution in [3.8, 4) is 11.3 Å². The number of hydrogen-bond acceptors (Lipinski definition) is 6. The van der Waals surface area contributed by atoms with Crippen molar-refractivity contribution in [1.82, 2.24) is 4.98 Å². The second-order valence-electron chi connectivity index (χ2n) is 5.99. The van der Waals surface area contributed by atoms with Crippen LogP contribution in [0.1, 0.15) is 31.7 Å². The second kappa shape index (κ2) is 9.62. The van der Waals surface area contributed by atoms with Crippen LogP contribution >= 0.6 is 0 Å². The Labute approximate surface area is 166 Å². The standard InChI is InChI=1S/C19H19BF3NO5/c1-3-27-17(25)13(18(26)28-4-2)9-10-14-24-15(16(20)29-14)11-5-7-12(8-6-11)19(21,22)23/h5-8,13H,3-4,9-10H2,1-2H3. The molecular formula is C19H19BF3NO5. The molecule has 0 aliphatic heterocycles. The van der Waals surface area contributed by atoms with E-state index in [1.165, 1.54) is 12.1 Å². The van der Waals surface area contributed by atoms with Gasteiger partial charge in [0.15, 0.2) is 19.7 Å². The summed E-state index contributed by atoms with van der Waals surface area (Å²) in [4.78, 5) is 28.2. The zero-order valence-corrected chi connectivity index (χ0v) is 15.9. The van der Waals surface area contributed by atoms with Gasteiger partial charge in [-0.05, 0) is 32.4 Å². The second-order valence-corrected chi connectivity index (χ2v) is 5.99. The predicted molar refractivity (Wildman–Crippen MR) is 97.4 cm³/mol. The van der Waals surface area contributed by atoms with E-state index in [0.29, 0.717) is 5.56 Å². The highest BCUT2D eigenvalue weighted by molar-refractivity contribution is 6.33. The molecule has 0 aliphatic carbocycles. The number of aryl methyl sites for hydroxylation is 1. The fraction of sp³-hybridized carbons (Fsp3) is 0.421. The molecule has 0 N–H and O–H groups in total. The van der Waals surface area contributed by atoms with Gasteiger partial charge in [-0.3, -0.25) is 9.59 Å². The van der Waals surface area contributed by atoms with Gasteiger partial charge >= 0.3 is 18.1 Å². The molecule has 0 atom stereocenters. The van der Waals surface area contributed by atoms with Crippen molar-refractivity contribution in [2.45, 2.75) is 32.9 Å². The molecule has 0 aliphatic rings. The van der Waals surface area contributed by atoms with E-state index in [9.17, 15) is 22.8 Å². The van der Waals surface area contributed by atoms with Gasteiger partial charge in [0.25, 0.3) is 0 Å². The van der Waals surface area contributed by atoms with Crippen LogP contribution < -0.4 is 5.66 Å². The van der Waals surface area contributed by atoms with Gasteiger partial charge in [0, 0.05) is 12.0 Å². The normalized spacial score (nSPS) is 11.5. The topological polar surface area (TPSA) is 78.6 Å². The largest absolute Gasteiger partial charge is 0.465 e. The van der Waals surface area contributed by atoms with E-state index >= 15 is 0 Å². The molecule has 2 rings (SSSR count). The van der Waals surface area contributed by atoms with Gasteiger partial charge in [0.1, 0.15) is 5.69 Å². The summed E-state index contributed by atoms with van der Waals surface area (Å²) in [6.07, 6.45) is -4.36. The Bertz CT molecular complexity index is 831. The zero-order chi connectivity index (χ0) is 21.6. The van der Waals surface area contributed by atoms with Crippen LogP contribution in [-0.2, 0) is 31.7 Å². The summed E-state index contributed by atoms with van der Waals surface area (Å²) in [5.74, 6) is -2.43. The summed E-state index contributed by atoms with van der Waals surface area (Å²) in [6, 6.07) is 4.31. The molecule has 2 aromatic rings. The fourth-order valence-corrected chi connectivity index (χ4v) is 2.59. The summed E-state index contributed by atoms with van der Waals surface area (Å²) in [5.41, 5.74) is -0.353. The van der Waals surface area contributed by atoms with Gasteiger partial charge in [-0.15, -0.1) is 0 Å². The average Bonchev–Trinajstić information content (AvgIpc) is 3.02. The van der Waals surface area contributed by atoms with Crippen LogP contribution in [0.5, 0.6) is 0 Å².